The third-order valence-electron chi connectivity index (χ3n) is 4.39. The van der Waals surface area contributed by atoms with Crippen LogP contribution in [0.4, 0.5) is 0 Å². The van der Waals surface area contributed by atoms with Crippen LogP contribution in [0.15, 0.2) is 42.5 Å². The summed E-state index contributed by atoms with van der Waals surface area (Å²) in [6.07, 6.45) is 2.93. The maximum absolute atomic E-state index is 6.47. The molecular formula is C18H20ClNO. The molecular weight excluding hydrogens is 282 g/mol. The van der Waals surface area contributed by atoms with Gasteiger partial charge in [0.15, 0.2) is 0 Å². The highest BCUT2D eigenvalue weighted by molar-refractivity contribution is 6.30. The van der Waals surface area contributed by atoms with Gasteiger partial charge >= 0.3 is 0 Å². The van der Waals surface area contributed by atoms with E-state index in [1.165, 1.54) is 11.1 Å². The topological polar surface area (TPSA) is 35.2 Å². The average molecular weight is 302 g/mol. The third-order valence-corrected chi connectivity index (χ3v) is 4.62. The zero-order valence-electron chi connectivity index (χ0n) is 12.2. The number of halogens is 1. The van der Waals surface area contributed by atoms with Crippen LogP contribution in [0.3, 0.4) is 0 Å². The summed E-state index contributed by atoms with van der Waals surface area (Å²) in [4.78, 5) is 0. The number of fused-ring (bicyclic) bond motifs is 1. The molecule has 110 valence electrons. The normalized spacial score (nSPS) is 15.8. The lowest BCUT2D eigenvalue weighted by Crippen LogP contribution is -2.33. The quantitative estimate of drug-likeness (QED) is 0.936. The van der Waals surface area contributed by atoms with Crippen molar-refractivity contribution in [2.24, 2.45) is 11.7 Å². The Morgan fingerprint density at radius 3 is 2.48 bits per heavy atom. The smallest absolute Gasteiger partial charge is 0.122 e. The van der Waals surface area contributed by atoms with Crippen LogP contribution in [0, 0.1) is 5.92 Å². The van der Waals surface area contributed by atoms with Gasteiger partial charge in [0.1, 0.15) is 5.75 Å². The molecule has 0 fully saturated rings. The van der Waals surface area contributed by atoms with Crippen LogP contribution in [0.5, 0.6) is 5.75 Å². The lowest BCUT2D eigenvalue weighted by Gasteiger charge is -2.20. The summed E-state index contributed by atoms with van der Waals surface area (Å²) in [7, 11) is 1.68. The molecule has 1 aliphatic rings. The summed E-state index contributed by atoms with van der Waals surface area (Å²) in [5.41, 5.74) is 10.4. The second kappa shape index (κ2) is 6.08. The molecule has 0 radical (unpaired) electrons. The molecule has 0 saturated heterocycles. The number of methoxy groups -OCH3 is 1. The van der Waals surface area contributed by atoms with Gasteiger partial charge in [0.05, 0.1) is 7.11 Å². The van der Waals surface area contributed by atoms with Gasteiger partial charge in [0.2, 0.25) is 0 Å². The zero-order valence-corrected chi connectivity index (χ0v) is 12.9. The van der Waals surface area contributed by atoms with Gasteiger partial charge in [0, 0.05) is 11.1 Å². The molecule has 1 unspecified atom stereocenters. The Balaban J connectivity index is 1.73. The van der Waals surface area contributed by atoms with Crippen molar-refractivity contribution in [1.29, 1.82) is 0 Å². The fourth-order valence-electron chi connectivity index (χ4n) is 3.22. The number of hydrogen-bond acceptors (Lipinski definition) is 2. The van der Waals surface area contributed by atoms with E-state index in [-0.39, 0.29) is 6.04 Å². The highest BCUT2D eigenvalue weighted by Crippen LogP contribution is 2.31. The van der Waals surface area contributed by atoms with Crippen molar-refractivity contribution in [3.05, 3.63) is 64.2 Å². The van der Waals surface area contributed by atoms with Gasteiger partial charge in [-0.1, -0.05) is 35.9 Å². The predicted octanol–water partition coefficient (Wildman–Crippen LogP) is 3.63. The SMILES string of the molecule is COc1ccc(Cl)cc1CC(N)C1Cc2ccccc2C1. The van der Waals surface area contributed by atoms with E-state index in [9.17, 15) is 0 Å². The first-order valence-corrected chi connectivity index (χ1v) is 7.70. The number of nitrogens with two attached hydrogens (primary N) is 1. The van der Waals surface area contributed by atoms with Crippen LogP contribution < -0.4 is 10.5 Å². The summed E-state index contributed by atoms with van der Waals surface area (Å²) >= 11 is 6.09. The van der Waals surface area contributed by atoms with Crippen LogP contribution in [0.2, 0.25) is 5.02 Å². The summed E-state index contributed by atoms with van der Waals surface area (Å²) < 4.78 is 5.41. The van der Waals surface area contributed by atoms with E-state index in [0.29, 0.717) is 5.92 Å². The van der Waals surface area contributed by atoms with E-state index in [2.05, 4.69) is 24.3 Å². The first-order valence-electron chi connectivity index (χ1n) is 7.32. The Kier molecular flexibility index (Phi) is 4.18. The van der Waals surface area contributed by atoms with E-state index in [1.807, 2.05) is 18.2 Å². The fraction of sp³-hybridized carbons (Fsp3) is 0.333. The van der Waals surface area contributed by atoms with Crippen LogP contribution in [0.1, 0.15) is 16.7 Å². The zero-order chi connectivity index (χ0) is 14.8. The molecule has 0 spiro atoms. The standard InChI is InChI=1S/C18H20ClNO/c1-21-18-7-6-16(19)10-15(18)11-17(20)14-8-12-4-2-3-5-13(12)9-14/h2-7,10,14,17H,8-9,11,20H2,1H3. The summed E-state index contributed by atoms with van der Waals surface area (Å²) in [6, 6.07) is 14.5. The highest BCUT2D eigenvalue weighted by atomic mass is 35.5. The maximum atomic E-state index is 6.47. The minimum atomic E-state index is 0.116. The van der Waals surface area contributed by atoms with E-state index < -0.39 is 0 Å². The Labute approximate surface area is 130 Å². The molecule has 3 rings (SSSR count). The Morgan fingerprint density at radius 1 is 1.19 bits per heavy atom. The number of ether oxygens (including phenoxy) is 1. The van der Waals surface area contributed by atoms with Crippen molar-refractivity contribution in [1.82, 2.24) is 0 Å². The Hall–Kier alpha value is -1.51. The van der Waals surface area contributed by atoms with E-state index in [1.54, 1.807) is 7.11 Å². The predicted molar refractivity (Wildman–Crippen MR) is 87.0 cm³/mol. The maximum Gasteiger partial charge on any atom is 0.122 e. The number of rotatable bonds is 4. The van der Waals surface area contributed by atoms with Gasteiger partial charge in [-0.15, -0.1) is 0 Å². The van der Waals surface area contributed by atoms with Gasteiger partial charge in [-0.2, -0.15) is 0 Å². The van der Waals surface area contributed by atoms with Gasteiger partial charge < -0.3 is 10.5 Å². The van der Waals surface area contributed by atoms with Gasteiger partial charge in [-0.25, -0.2) is 0 Å². The summed E-state index contributed by atoms with van der Waals surface area (Å²) in [5.74, 6) is 1.36. The van der Waals surface area contributed by atoms with Crippen LogP contribution in [0.25, 0.3) is 0 Å². The van der Waals surface area contributed by atoms with Crippen LogP contribution in [-0.4, -0.2) is 13.2 Å². The molecule has 0 aromatic heterocycles. The molecule has 2 nitrogen and oxygen atoms in total. The molecule has 1 atom stereocenters. The van der Waals surface area contributed by atoms with Gasteiger partial charge in [-0.3, -0.25) is 0 Å². The average Bonchev–Trinajstić information content (AvgIpc) is 2.91. The summed E-state index contributed by atoms with van der Waals surface area (Å²) in [6.45, 7) is 0. The number of benzene rings is 2. The van der Waals surface area contributed by atoms with E-state index >= 15 is 0 Å². The first-order chi connectivity index (χ1) is 10.2. The third kappa shape index (κ3) is 3.07. The molecule has 0 bridgehead atoms. The minimum Gasteiger partial charge on any atom is -0.496 e. The van der Waals surface area contributed by atoms with Gasteiger partial charge in [-0.05, 0) is 60.1 Å². The molecule has 21 heavy (non-hydrogen) atoms. The second-order valence-electron chi connectivity index (χ2n) is 5.76. The van der Waals surface area contributed by atoms with Crippen molar-refractivity contribution in [2.45, 2.75) is 25.3 Å². The largest absolute Gasteiger partial charge is 0.496 e. The lowest BCUT2D eigenvalue weighted by atomic mass is 9.91. The number of hydrogen-bond donors (Lipinski definition) is 1. The monoisotopic (exact) mass is 301 g/mol. The van der Waals surface area contributed by atoms with Crippen molar-refractivity contribution in [2.75, 3.05) is 7.11 Å². The highest BCUT2D eigenvalue weighted by Gasteiger charge is 2.26. The Bertz CT molecular complexity index is 616. The van der Waals surface area contributed by atoms with Gasteiger partial charge in [0.25, 0.3) is 0 Å². The second-order valence-corrected chi connectivity index (χ2v) is 6.20. The molecule has 0 aliphatic heterocycles. The van der Waals surface area contributed by atoms with E-state index in [0.717, 1.165) is 35.6 Å². The summed E-state index contributed by atoms with van der Waals surface area (Å²) in [5, 5.41) is 0.729. The fourth-order valence-corrected chi connectivity index (χ4v) is 3.42. The molecule has 2 aromatic carbocycles. The molecule has 1 aliphatic carbocycles. The van der Waals surface area contributed by atoms with Crippen LogP contribution in [-0.2, 0) is 19.3 Å². The molecule has 3 heteroatoms. The molecule has 2 N–H and O–H groups in total. The molecule has 0 heterocycles. The Morgan fingerprint density at radius 2 is 1.86 bits per heavy atom. The molecule has 0 saturated carbocycles. The molecule has 0 amide bonds. The van der Waals surface area contributed by atoms with Crippen molar-refractivity contribution >= 4 is 11.6 Å². The van der Waals surface area contributed by atoms with Crippen molar-refractivity contribution in [3.8, 4) is 5.75 Å². The molecule has 2 aromatic rings. The van der Waals surface area contributed by atoms with Crippen LogP contribution >= 0.6 is 11.6 Å². The van der Waals surface area contributed by atoms with E-state index in [4.69, 9.17) is 22.1 Å². The lowest BCUT2D eigenvalue weighted by molar-refractivity contribution is 0.396. The minimum absolute atomic E-state index is 0.116. The van der Waals surface area contributed by atoms with Crippen molar-refractivity contribution in [3.63, 3.8) is 0 Å². The van der Waals surface area contributed by atoms with Crippen molar-refractivity contribution < 1.29 is 4.74 Å². The first kappa shape index (κ1) is 14.4.